The number of imidazole rings is 1. The van der Waals surface area contributed by atoms with Crippen molar-refractivity contribution in [3.8, 4) is 0 Å². The van der Waals surface area contributed by atoms with Crippen LogP contribution in [0.2, 0.25) is 0 Å². The molecule has 0 amide bonds. The van der Waals surface area contributed by atoms with Crippen LogP contribution in [0.3, 0.4) is 0 Å². The van der Waals surface area contributed by atoms with E-state index in [9.17, 15) is 14.4 Å². The number of carboxylic acid groups (broad SMARTS) is 1. The first kappa shape index (κ1) is 10.1. The highest BCUT2D eigenvalue weighted by Gasteiger charge is 2.12. The Morgan fingerprint density at radius 3 is 2.75 bits per heavy atom. The number of H-pyrrole nitrogens is 2. The molecule has 2 aromatic rings. The number of fused-ring (bicyclic) bond motifs is 1. The van der Waals surface area contributed by atoms with Crippen LogP contribution in [0, 0.1) is 0 Å². The van der Waals surface area contributed by atoms with Crippen molar-refractivity contribution >= 4 is 17.1 Å². The lowest BCUT2D eigenvalue weighted by Crippen LogP contribution is -2.28. The number of aryl methyl sites for hydroxylation is 1. The maximum Gasteiger partial charge on any atom is 0.329 e. The van der Waals surface area contributed by atoms with Crippen LogP contribution in [-0.4, -0.2) is 30.6 Å². The van der Waals surface area contributed by atoms with Crippen molar-refractivity contribution in [2.45, 2.75) is 6.42 Å². The fraction of sp³-hybridized carbons (Fsp3) is 0.250. The van der Waals surface area contributed by atoms with Crippen molar-refractivity contribution in [1.29, 1.82) is 0 Å². The summed E-state index contributed by atoms with van der Waals surface area (Å²) in [4.78, 5) is 41.6. The number of nitrogens with zero attached hydrogens (tertiary/aromatic N) is 2. The Labute approximate surface area is 87.6 Å². The van der Waals surface area contributed by atoms with Crippen LogP contribution >= 0.6 is 0 Å². The Hall–Kier alpha value is -2.38. The van der Waals surface area contributed by atoms with E-state index >= 15 is 0 Å². The first-order valence-corrected chi connectivity index (χ1v) is 4.38. The summed E-state index contributed by atoms with van der Waals surface area (Å²) in [5.41, 5.74) is -0.962. The summed E-state index contributed by atoms with van der Waals surface area (Å²) in [6, 6.07) is 0. The molecule has 2 heterocycles. The lowest BCUT2D eigenvalue weighted by atomic mass is 10.4. The Morgan fingerprint density at radius 2 is 2.12 bits per heavy atom. The average molecular weight is 224 g/mol. The molecule has 0 aliphatic rings. The molecule has 0 unspecified atom stereocenters. The average Bonchev–Trinajstić information content (AvgIpc) is 2.58. The molecule has 0 aliphatic carbocycles. The van der Waals surface area contributed by atoms with Gasteiger partial charge in [-0.15, -0.1) is 0 Å². The van der Waals surface area contributed by atoms with Crippen LogP contribution in [-0.2, 0) is 18.3 Å². The quantitative estimate of drug-likeness (QED) is 0.577. The number of carbonyl (C=O) groups is 1. The second kappa shape index (κ2) is 3.33. The number of nitrogens with one attached hydrogen (secondary N) is 2. The van der Waals surface area contributed by atoms with Gasteiger partial charge in [-0.05, 0) is 0 Å². The lowest BCUT2D eigenvalue weighted by Gasteiger charge is -1.94. The van der Waals surface area contributed by atoms with E-state index in [2.05, 4.69) is 15.0 Å². The van der Waals surface area contributed by atoms with Crippen LogP contribution < -0.4 is 11.2 Å². The molecule has 0 aromatic carbocycles. The van der Waals surface area contributed by atoms with E-state index in [1.165, 1.54) is 7.05 Å². The minimum atomic E-state index is -1.07. The predicted octanol–water partition coefficient (Wildman–Crippen LogP) is -1.42. The second-order valence-corrected chi connectivity index (χ2v) is 3.27. The Morgan fingerprint density at radius 1 is 1.44 bits per heavy atom. The largest absolute Gasteiger partial charge is 0.481 e. The van der Waals surface area contributed by atoms with Gasteiger partial charge in [0.1, 0.15) is 17.8 Å². The predicted molar refractivity (Wildman–Crippen MR) is 53.3 cm³/mol. The highest BCUT2D eigenvalue weighted by Crippen LogP contribution is 2.03. The molecule has 0 saturated carbocycles. The van der Waals surface area contributed by atoms with Crippen molar-refractivity contribution < 1.29 is 9.90 Å². The highest BCUT2D eigenvalue weighted by atomic mass is 16.4. The molecule has 3 N–H and O–H groups in total. The Balaban J connectivity index is 2.75. The van der Waals surface area contributed by atoms with Gasteiger partial charge >= 0.3 is 11.7 Å². The minimum Gasteiger partial charge on any atom is -0.481 e. The number of hydrogen-bond donors (Lipinski definition) is 3. The first-order valence-electron chi connectivity index (χ1n) is 4.38. The van der Waals surface area contributed by atoms with E-state index in [0.29, 0.717) is 0 Å². The normalized spacial score (nSPS) is 10.8. The molecule has 0 saturated heterocycles. The van der Waals surface area contributed by atoms with Gasteiger partial charge in [0, 0.05) is 7.05 Å². The molecule has 0 fully saturated rings. The van der Waals surface area contributed by atoms with Crippen molar-refractivity contribution in [2.24, 2.45) is 7.05 Å². The maximum absolute atomic E-state index is 11.4. The third kappa shape index (κ3) is 1.49. The van der Waals surface area contributed by atoms with E-state index in [-0.39, 0.29) is 23.4 Å². The first-order chi connectivity index (χ1) is 7.49. The van der Waals surface area contributed by atoms with Crippen molar-refractivity contribution in [2.75, 3.05) is 0 Å². The molecule has 2 rings (SSSR count). The Kier molecular flexibility index (Phi) is 2.11. The van der Waals surface area contributed by atoms with Gasteiger partial charge in [-0.3, -0.25) is 19.1 Å². The molecule has 0 aliphatic heterocycles. The van der Waals surface area contributed by atoms with Crippen LogP contribution in [0.15, 0.2) is 9.59 Å². The number of aromatic nitrogens is 4. The van der Waals surface area contributed by atoms with Gasteiger partial charge in [0.05, 0.1) is 0 Å². The summed E-state index contributed by atoms with van der Waals surface area (Å²) in [7, 11) is 1.44. The van der Waals surface area contributed by atoms with E-state index < -0.39 is 17.2 Å². The van der Waals surface area contributed by atoms with Gasteiger partial charge in [-0.1, -0.05) is 0 Å². The fourth-order valence-electron chi connectivity index (χ4n) is 1.38. The molecular formula is C8H8N4O4. The van der Waals surface area contributed by atoms with Crippen molar-refractivity contribution in [3.63, 3.8) is 0 Å². The molecular weight excluding hydrogens is 216 g/mol. The number of hydrogen-bond acceptors (Lipinski definition) is 4. The van der Waals surface area contributed by atoms with E-state index in [0.717, 1.165) is 4.57 Å². The number of aliphatic carboxylic acids is 1. The maximum atomic E-state index is 11.4. The second-order valence-electron chi connectivity index (χ2n) is 3.27. The number of rotatable bonds is 2. The summed E-state index contributed by atoms with van der Waals surface area (Å²) in [5.74, 6) is -0.935. The van der Waals surface area contributed by atoms with Gasteiger partial charge in [-0.25, -0.2) is 9.78 Å². The fourth-order valence-corrected chi connectivity index (χ4v) is 1.38. The molecule has 0 bridgehead atoms. The lowest BCUT2D eigenvalue weighted by molar-refractivity contribution is -0.136. The number of aromatic amines is 2. The zero-order chi connectivity index (χ0) is 11.9. The summed E-state index contributed by atoms with van der Waals surface area (Å²) in [6.07, 6.45) is -0.331. The van der Waals surface area contributed by atoms with E-state index in [1.54, 1.807) is 0 Å². The molecule has 0 radical (unpaired) electrons. The summed E-state index contributed by atoms with van der Waals surface area (Å²) in [6.45, 7) is 0. The molecule has 84 valence electrons. The van der Waals surface area contributed by atoms with Gasteiger partial charge < -0.3 is 10.1 Å². The summed E-state index contributed by atoms with van der Waals surface area (Å²) >= 11 is 0. The van der Waals surface area contributed by atoms with Gasteiger partial charge in [0.15, 0.2) is 5.65 Å². The smallest absolute Gasteiger partial charge is 0.329 e. The third-order valence-corrected chi connectivity index (χ3v) is 2.12. The molecule has 0 spiro atoms. The topological polar surface area (TPSA) is 121 Å². The minimum absolute atomic E-state index is 0.0957. The molecule has 0 atom stereocenters. The standard InChI is InChI=1S/C8H8N4O4/c1-12-6-5(7(15)11-8(12)16)9-3(10-6)2-4(13)14/h2H2,1H3,(H,9,10)(H,13,14)(H,11,15,16). The van der Waals surface area contributed by atoms with Crippen LogP contribution in [0.4, 0.5) is 0 Å². The summed E-state index contributed by atoms with van der Waals surface area (Å²) in [5, 5.41) is 8.57. The van der Waals surface area contributed by atoms with Crippen LogP contribution in [0.1, 0.15) is 5.82 Å². The molecule has 16 heavy (non-hydrogen) atoms. The van der Waals surface area contributed by atoms with Gasteiger partial charge in [0.25, 0.3) is 5.56 Å². The molecule has 8 nitrogen and oxygen atoms in total. The van der Waals surface area contributed by atoms with Crippen molar-refractivity contribution in [1.82, 2.24) is 19.5 Å². The van der Waals surface area contributed by atoms with Gasteiger partial charge in [0.2, 0.25) is 0 Å². The monoisotopic (exact) mass is 224 g/mol. The summed E-state index contributed by atoms with van der Waals surface area (Å²) < 4.78 is 1.14. The molecule has 2 aromatic heterocycles. The van der Waals surface area contributed by atoms with E-state index in [1.807, 2.05) is 0 Å². The van der Waals surface area contributed by atoms with Crippen LogP contribution in [0.25, 0.3) is 11.2 Å². The SMILES string of the molecule is Cn1c(=O)[nH]c(=O)c2[nH]c(CC(=O)O)nc21. The Bertz CT molecular complexity index is 677. The zero-order valence-corrected chi connectivity index (χ0v) is 8.27. The van der Waals surface area contributed by atoms with Crippen molar-refractivity contribution in [3.05, 3.63) is 26.7 Å². The zero-order valence-electron chi connectivity index (χ0n) is 8.27. The number of carboxylic acids is 1. The highest BCUT2D eigenvalue weighted by molar-refractivity contribution is 5.73. The molecule has 8 heteroatoms. The third-order valence-electron chi connectivity index (χ3n) is 2.12. The van der Waals surface area contributed by atoms with Gasteiger partial charge in [-0.2, -0.15) is 0 Å². The van der Waals surface area contributed by atoms with Crippen LogP contribution in [0.5, 0.6) is 0 Å². The van der Waals surface area contributed by atoms with E-state index in [4.69, 9.17) is 5.11 Å².